The molecule has 20 heavy (non-hydrogen) atoms. The van der Waals surface area contributed by atoms with E-state index in [9.17, 15) is 4.79 Å². The number of benzene rings is 1. The molecule has 2 rings (SSSR count). The summed E-state index contributed by atoms with van der Waals surface area (Å²) in [6.45, 7) is 7.03. The van der Waals surface area contributed by atoms with E-state index in [4.69, 9.17) is 16.3 Å². The highest BCUT2D eigenvalue weighted by atomic mass is 35.5. The number of Topliss-reactive ketones (excluding diaryl/α,β-unsaturated/α-hetero) is 1. The number of aromatic nitrogens is 1. The van der Waals surface area contributed by atoms with Gasteiger partial charge in [-0.3, -0.25) is 4.79 Å². The number of methoxy groups -OCH3 is 1. The van der Waals surface area contributed by atoms with Gasteiger partial charge >= 0.3 is 0 Å². The van der Waals surface area contributed by atoms with Gasteiger partial charge in [0.25, 0.3) is 0 Å². The summed E-state index contributed by atoms with van der Waals surface area (Å²) in [5.74, 6) is 0.414. The lowest BCUT2D eigenvalue weighted by Crippen LogP contribution is -2.04. The van der Waals surface area contributed by atoms with Gasteiger partial charge in [-0.1, -0.05) is 31.5 Å². The molecule has 0 saturated heterocycles. The van der Waals surface area contributed by atoms with Crippen molar-refractivity contribution in [3.63, 3.8) is 0 Å². The van der Waals surface area contributed by atoms with Gasteiger partial charge in [0.2, 0.25) is 0 Å². The molecule has 0 fully saturated rings. The minimum Gasteiger partial charge on any atom is -0.383 e. The van der Waals surface area contributed by atoms with Crippen LogP contribution in [0.25, 0.3) is 10.9 Å². The van der Waals surface area contributed by atoms with Gasteiger partial charge in [0, 0.05) is 19.0 Å². The van der Waals surface area contributed by atoms with Crippen molar-refractivity contribution in [3.05, 3.63) is 34.5 Å². The summed E-state index contributed by atoms with van der Waals surface area (Å²) < 4.78 is 7.06. The van der Waals surface area contributed by atoms with E-state index in [0.717, 1.165) is 10.9 Å². The molecular weight excluding hydrogens is 274 g/mol. The maximum absolute atomic E-state index is 11.9. The summed E-state index contributed by atoms with van der Waals surface area (Å²) in [6.07, 6.45) is 0. The molecule has 1 aromatic carbocycles. The fourth-order valence-electron chi connectivity index (χ4n) is 2.44. The fraction of sp³-hybridized carbons (Fsp3) is 0.438. The summed E-state index contributed by atoms with van der Waals surface area (Å²) >= 11 is 6.40. The first-order chi connectivity index (χ1) is 9.47. The zero-order chi connectivity index (χ0) is 14.9. The molecule has 0 spiro atoms. The zero-order valence-corrected chi connectivity index (χ0v) is 13.1. The lowest BCUT2D eigenvalue weighted by molar-refractivity contribution is 0.101. The highest BCUT2D eigenvalue weighted by Crippen LogP contribution is 2.32. The van der Waals surface area contributed by atoms with Gasteiger partial charge in [-0.2, -0.15) is 0 Å². The lowest BCUT2D eigenvalue weighted by Gasteiger charge is -2.08. The Hall–Kier alpha value is -1.32. The van der Waals surface area contributed by atoms with Gasteiger partial charge in [0.15, 0.2) is 5.78 Å². The Morgan fingerprint density at radius 1 is 1.40 bits per heavy atom. The molecule has 0 aliphatic rings. The van der Waals surface area contributed by atoms with E-state index in [1.54, 1.807) is 14.0 Å². The Balaban J connectivity index is 2.69. The smallest absolute Gasteiger partial charge is 0.163 e. The van der Waals surface area contributed by atoms with E-state index >= 15 is 0 Å². The number of rotatable bonds is 5. The number of hydrogen-bond donors (Lipinski definition) is 0. The summed E-state index contributed by atoms with van der Waals surface area (Å²) in [5.41, 5.74) is 2.81. The Morgan fingerprint density at radius 3 is 2.65 bits per heavy atom. The number of nitrogens with zero attached hydrogens (tertiary/aromatic N) is 1. The van der Waals surface area contributed by atoms with Crippen molar-refractivity contribution in [2.24, 2.45) is 0 Å². The molecule has 4 heteroatoms. The average molecular weight is 294 g/mol. The Labute approximate surface area is 124 Å². The minimum atomic E-state index is -0.00271. The van der Waals surface area contributed by atoms with Crippen LogP contribution in [0.4, 0.5) is 0 Å². The average Bonchev–Trinajstić information content (AvgIpc) is 2.67. The topological polar surface area (TPSA) is 31.2 Å². The summed E-state index contributed by atoms with van der Waals surface area (Å²) in [7, 11) is 1.66. The van der Waals surface area contributed by atoms with Crippen LogP contribution in [0.2, 0.25) is 5.15 Å². The van der Waals surface area contributed by atoms with Crippen molar-refractivity contribution in [2.75, 3.05) is 13.7 Å². The molecule has 1 heterocycles. The van der Waals surface area contributed by atoms with Crippen molar-refractivity contribution in [2.45, 2.75) is 33.2 Å². The van der Waals surface area contributed by atoms with Crippen molar-refractivity contribution in [3.8, 4) is 0 Å². The quantitative estimate of drug-likeness (QED) is 0.771. The SMILES string of the molecule is COCCn1c(Cl)c(C(C)=O)c2cc(C(C)C)ccc21. The van der Waals surface area contributed by atoms with Gasteiger partial charge in [-0.15, -0.1) is 0 Å². The first kappa shape index (κ1) is 15.1. The van der Waals surface area contributed by atoms with Crippen LogP contribution >= 0.6 is 11.6 Å². The third-order valence-corrected chi connectivity index (χ3v) is 3.95. The number of ether oxygens (including phenoxy) is 1. The molecule has 0 bridgehead atoms. The normalized spacial score (nSPS) is 11.5. The minimum absolute atomic E-state index is 0.00271. The number of hydrogen-bond acceptors (Lipinski definition) is 2. The highest BCUT2D eigenvalue weighted by molar-refractivity contribution is 6.35. The van der Waals surface area contributed by atoms with Crippen LogP contribution < -0.4 is 0 Å². The standard InChI is InChI=1S/C16H20ClNO2/c1-10(2)12-5-6-14-13(9-12)15(11(3)19)16(17)18(14)7-8-20-4/h5-6,9-10H,7-8H2,1-4H3. The van der Waals surface area contributed by atoms with Crippen LogP contribution in [-0.2, 0) is 11.3 Å². The number of carbonyl (C=O) groups is 1. The van der Waals surface area contributed by atoms with Gasteiger partial charge in [0.1, 0.15) is 5.15 Å². The van der Waals surface area contributed by atoms with E-state index < -0.39 is 0 Å². The van der Waals surface area contributed by atoms with Gasteiger partial charge < -0.3 is 9.30 Å². The van der Waals surface area contributed by atoms with Crippen LogP contribution in [-0.4, -0.2) is 24.1 Å². The van der Waals surface area contributed by atoms with Crippen LogP contribution in [0.1, 0.15) is 42.6 Å². The van der Waals surface area contributed by atoms with E-state index in [2.05, 4.69) is 26.0 Å². The Bertz CT molecular complexity index is 643. The number of carbonyl (C=O) groups excluding carboxylic acids is 1. The number of ketones is 1. The summed E-state index contributed by atoms with van der Waals surface area (Å²) in [5, 5.41) is 1.44. The van der Waals surface area contributed by atoms with E-state index in [1.165, 1.54) is 5.56 Å². The molecule has 0 unspecified atom stereocenters. The molecule has 0 amide bonds. The molecule has 0 aliphatic heterocycles. The predicted octanol–water partition coefficient (Wildman–Crippen LogP) is 4.27. The maximum Gasteiger partial charge on any atom is 0.163 e. The van der Waals surface area contributed by atoms with Crippen LogP contribution in [0.5, 0.6) is 0 Å². The van der Waals surface area contributed by atoms with E-state index in [0.29, 0.717) is 29.8 Å². The van der Waals surface area contributed by atoms with Crippen LogP contribution in [0.15, 0.2) is 18.2 Å². The largest absolute Gasteiger partial charge is 0.383 e. The third kappa shape index (κ3) is 2.60. The molecule has 0 atom stereocenters. The second-order valence-electron chi connectivity index (χ2n) is 5.30. The molecular formula is C16H20ClNO2. The zero-order valence-electron chi connectivity index (χ0n) is 12.4. The number of fused-ring (bicyclic) bond motifs is 1. The van der Waals surface area contributed by atoms with Crippen molar-refractivity contribution < 1.29 is 9.53 Å². The maximum atomic E-state index is 11.9. The second kappa shape index (κ2) is 5.98. The van der Waals surface area contributed by atoms with Crippen molar-refractivity contribution in [1.82, 2.24) is 4.57 Å². The molecule has 0 N–H and O–H groups in total. The molecule has 0 radical (unpaired) electrons. The fourth-order valence-corrected chi connectivity index (χ4v) is 2.85. The summed E-state index contributed by atoms with van der Waals surface area (Å²) in [6, 6.07) is 6.21. The molecule has 108 valence electrons. The highest BCUT2D eigenvalue weighted by Gasteiger charge is 2.19. The third-order valence-electron chi connectivity index (χ3n) is 3.56. The van der Waals surface area contributed by atoms with Crippen molar-refractivity contribution in [1.29, 1.82) is 0 Å². The Morgan fingerprint density at radius 2 is 2.10 bits per heavy atom. The lowest BCUT2D eigenvalue weighted by atomic mass is 10.00. The molecule has 3 nitrogen and oxygen atoms in total. The van der Waals surface area contributed by atoms with E-state index in [1.807, 2.05) is 10.6 Å². The predicted molar refractivity (Wildman–Crippen MR) is 82.9 cm³/mol. The van der Waals surface area contributed by atoms with Crippen LogP contribution in [0, 0.1) is 0 Å². The van der Waals surface area contributed by atoms with Gasteiger partial charge in [-0.05, 0) is 30.5 Å². The van der Waals surface area contributed by atoms with Crippen molar-refractivity contribution >= 4 is 28.3 Å². The molecule has 0 aliphatic carbocycles. The molecule has 0 saturated carbocycles. The Kier molecular flexibility index (Phi) is 4.51. The van der Waals surface area contributed by atoms with E-state index in [-0.39, 0.29) is 5.78 Å². The summed E-state index contributed by atoms with van der Waals surface area (Å²) in [4.78, 5) is 11.9. The molecule has 2 aromatic rings. The first-order valence-corrected chi connectivity index (χ1v) is 7.16. The monoisotopic (exact) mass is 293 g/mol. The van der Waals surface area contributed by atoms with Gasteiger partial charge in [0.05, 0.1) is 17.7 Å². The first-order valence-electron chi connectivity index (χ1n) is 6.78. The second-order valence-corrected chi connectivity index (χ2v) is 5.66. The molecule has 1 aromatic heterocycles. The number of halogens is 1. The van der Waals surface area contributed by atoms with Crippen LogP contribution in [0.3, 0.4) is 0 Å². The van der Waals surface area contributed by atoms with Gasteiger partial charge in [-0.25, -0.2) is 0 Å².